The number of rotatable bonds is 2. The van der Waals surface area contributed by atoms with Crippen molar-refractivity contribution in [2.45, 2.75) is 10.1 Å². The standard InChI is InChI=1S/C18H10Br2N2O2S/c19-13-9-11-5-1-3-7-15(11)21-17(13)25(23,24)18-14(20)10-12-6-2-4-8-16(12)22-18/h1-10H. The van der Waals surface area contributed by atoms with Gasteiger partial charge >= 0.3 is 0 Å². The van der Waals surface area contributed by atoms with Crippen molar-refractivity contribution in [3.8, 4) is 0 Å². The Bertz CT molecular complexity index is 1150. The predicted molar refractivity (Wildman–Crippen MR) is 104 cm³/mol. The first-order chi connectivity index (χ1) is 12.0. The summed E-state index contributed by atoms with van der Waals surface area (Å²) >= 11 is 6.68. The van der Waals surface area contributed by atoms with Crippen LogP contribution in [0.4, 0.5) is 0 Å². The Balaban J connectivity index is 1.99. The van der Waals surface area contributed by atoms with E-state index in [0.717, 1.165) is 10.8 Å². The Kier molecular flexibility index (Phi) is 4.10. The molecule has 4 nitrogen and oxygen atoms in total. The van der Waals surface area contributed by atoms with Gasteiger partial charge in [-0.25, -0.2) is 18.4 Å². The molecule has 0 aliphatic rings. The summed E-state index contributed by atoms with van der Waals surface area (Å²) in [6.07, 6.45) is 0. The zero-order valence-corrected chi connectivity index (χ0v) is 16.6. The van der Waals surface area contributed by atoms with Gasteiger partial charge in [0.25, 0.3) is 0 Å². The summed E-state index contributed by atoms with van der Waals surface area (Å²) < 4.78 is 27.2. The van der Waals surface area contributed by atoms with E-state index in [4.69, 9.17) is 0 Å². The van der Waals surface area contributed by atoms with E-state index in [1.54, 1.807) is 24.3 Å². The molecule has 0 amide bonds. The van der Waals surface area contributed by atoms with E-state index in [2.05, 4.69) is 41.8 Å². The Labute approximate surface area is 161 Å². The van der Waals surface area contributed by atoms with Crippen LogP contribution in [0.3, 0.4) is 0 Å². The van der Waals surface area contributed by atoms with Crippen molar-refractivity contribution < 1.29 is 8.42 Å². The molecule has 25 heavy (non-hydrogen) atoms. The lowest BCUT2D eigenvalue weighted by Crippen LogP contribution is -2.09. The minimum Gasteiger partial charge on any atom is -0.235 e. The lowest BCUT2D eigenvalue weighted by molar-refractivity contribution is 0.588. The number of pyridine rings is 2. The van der Waals surface area contributed by atoms with Crippen molar-refractivity contribution in [1.29, 1.82) is 0 Å². The molecule has 0 aliphatic heterocycles. The number of benzene rings is 2. The van der Waals surface area contributed by atoms with Crippen molar-refractivity contribution in [2.75, 3.05) is 0 Å². The van der Waals surface area contributed by atoms with Gasteiger partial charge in [0, 0.05) is 10.8 Å². The Morgan fingerprint density at radius 2 is 1.08 bits per heavy atom. The molecular weight excluding hydrogens is 468 g/mol. The van der Waals surface area contributed by atoms with Crippen LogP contribution in [0.15, 0.2) is 79.7 Å². The third-order valence-electron chi connectivity index (χ3n) is 3.80. The molecule has 0 saturated carbocycles. The van der Waals surface area contributed by atoms with Crippen LogP contribution in [0, 0.1) is 0 Å². The molecular formula is C18H10Br2N2O2S. The average molecular weight is 478 g/mol. The topological polar surface area (TPSA) is 59.9 Å². The second kappa shape index (κ2) is 6.16. The summed E-state index contributed by atoms with van der Waals surface area (Å²) in [4.78, 5) is 8.70. The van der Waals surface area contributed by atoms with E-state index in [0.29, 0.717) is 20.0 Å². The number of halogens is 2. The molecule has 0 saturated heterocycles. The van der Waals surface area contributed by atoms with Crippen molar-refractivity contribution >= 4 is 63.5 Å². The van der Waals surface area contributed by atoms with Gasteiger partial charge in [-0.1, -0.05) is 36.4 Å². The molecule has 4 rings (SSSR count). The Morgan fingerprint density at radius 3 is 1.52 bits per heavy atom. The number of hydrogen-bond acceptors (Lipinski definition) is 4. The van der Waals surface area contributed by atoms with E-state index < -0.39 is 9.84 Å². The van der Waals surface area contributed by atoms with Gasteiger partial charge < -0.3 is 0 Å². The van der Waals surface area contributed by atoms with Crippen molar-refractivity contribution in [2.24, 2.45) is 0 Å². The normalized spacial score (nSPS) is 11.9. The lowest BCUT2D eigenvalue weighted by atomic mass is 10.2. The molecule has 0 radical (unpaired) electrons. The van der Waals surface area contributed by atoms with Crippen LogP contribution in [0.25, 0.3) is 21.8 Å². The largest absolute Gasteiger partial charge is 0.243 e. The maximum absolute atomic E-state index is 13.2. The molecule has 0 unspecified atom stereocenters. The first kappa shape index (κ1) is 16.6. The molecule has 7 heteroatoms. The highest BCUT2D eigenvalue weighted by Crippen LogP contribution is 2.33. The quantitative estimate of drug-likeness (QED) is 0.401. The first-order valence-corrected chi connectivity index (χ1v) is 10.4. The van der Waals surface area contributed by atoms with Gasteiger partial charge in [0.15, 0.2) is 10.1 Å². The van der Waals surface area contributed by atoms with Gasteiger partial charge in [0.05, 0.1) is 20.0 Å². The highest BCUT2D eigenvalue weighted by molar-refractivity contribution is 9.11. The maximum Gasteiger partial charge on any atom is 0.243 e. The van der Waals surface area contributed by atoms with Crippen LogP contribution in [0.1, 0.15) is 0 Å². The number of nitrogens with zero attached hydrogens (tertiary/aromatic N) is 2. The van der Waals surface area contributed by atoms with Crippen LogP contribution in [0.5, 0.6) is 0 Å². The fourth-order valence-electron chi connectivity index (χ4n) is 2.61. The summed E-state index contributed by atoms with van der Waals surface area (Å²) in [6.45, 7) is 0. The molecule has 4 aromatic rings. The minimum absolute atomic E-state index is 0.0466. The molecule has 0 spiro atoms. The number of fused-ring (bicyclic) bond motifs is 2. The van der Waals surface area contributed by atoms with E-state index in [1.165, 1.54) is 0 Å². The van der Waals surface area contributed by atoms with Gasteiger partial charge in [-0.05, 0) is 56.1 Å². The average Bonchev–Trinajstić information content (AvgIpc) is 2.60. The van der Waals surface area contributed by atoms with Crippen LogP contribution in [0.2, 0.25) is 0 Å². The van der Waals surface area contributed by atoms with Crippen LogP contribution < -0.4 is 0 Å². The fourth-order valence-corrected chi connectivity index (χ4v) is 5.81. The molecule has 0 bridgehead atoms. The minimum atomic E-state index is -3.90. The molecule has 0 N–H and O–H groups in total. The van der Waals surface area contributed by atoms with E-state index in [9.17, 15) is 8.42 Å². The van der Waals surface area contributed by atoms with Crippen LogP contribution in [-0.4, -0.2) is 18.4 Å². The number of hydrogen-bond donors (Lipinski definition) is 0. The van der Waals surface area contributed by atoms with Gasteiger partial charge in [-0.3, -0.25) is 0 Å². The molecule has 2 heterocycles. The zero-order chi connectivity index (χ0) is 17.6. The second-order valence-corrected chi connectivity index (χ2v) is 8.93. The van der Waals surface area contributed by atoms with E-state index >= 15 is 0 Å². The first-order valence-electron chi connectivity index (χ1n) is 7.32. The van der Waals surface area contributed by atoms with Gasteiger partial charge in [0.2, 0.25) is 9.84 Å². The van der Waals surface area contributed by atoms with Gasteiger partial charge in [-0.15, -0.1) is 0 Å². The van der Waals surface area contributed by atoms with Gasteiger partial charge in [0.1, 0.15) is 0 Å². The van der Waals surface area contributed by atoms with Crippen LogP contribution >= 0.6 is 31.9 Å². The van der Waals surface area contributed by atoms with Gasteiger partial charge in [-0.2, -0.15) is 0 Å². The summed E-state index contributed by atoms with van der Waals surface area (Å²) in [7, 11) is -3.90. The summed E-state index contributed by atoms with van der Waals surface area (Å²) in [5.41, 5.74) is 1.22. The number of para-hydroxylation sites is 2. The Morgan fingerprint density at radius 1 is 0.680 bits per heavy atom. The lowest BCUT2D eigenvalue weighted by Gasteiger charge is -2.10. The SMILES string of the molecule is O=S(=O)(c1nc2ccccc2cc1Br)c1nc2ccccc2cc1Br. The molecule has 0 fully saturated rings. The van der Waals surface area contributed by atoms with E-state index in [-0.39, 0.29) is 10.1 Å². The zero-order valence-electron chi connectivity index (χ0n) is 12.6. The number of sulfone groups is 1. The van der Waals surface area contributed by atoms with Crippen LogP contribution in [-0.2, 0) is 9.84 Å². The third kappa shape index (κ3) is 2.86. The summed E-state index contributed by atoms with van der Waals surface area (Å²) in [6, 6.07) is 18.2. The smallest absolute Gasteiger partial charge is 0.235 e. The molecule has 124 valence electrons. The predicted octanol–water partition coefficient (Wildman–Crippen LogP) is 5.14. The maximum atomic E-state index is 13.2. The van der Waals surface area contributed by atoms with E-state index in [1.807, 2.05) is 36.4 Å². The highest BCUT2D eigenvalue weighted by Gasteiger charge is 2.27. The number of aromatic nitrogens is 2. The summed E-state index contributed by atoms with van der Waals surface area (Å²) in [5, 5.41) is 1.63. The molecule has 0 aliphatic carbocycles. The molecule has 0 atom stereocenters. The Hall–Kier alpha value is -1.83. The monoisotopic (exact) mass is 476 g/mol. The second-order valence-electron chi connectivity index (χ2n) is 5.44. The molecule has 2 aromatic heterocycles. The third-order valence-corrected chi connectivity index (χ3v) is 7.17. The van der Waals surface area contributed by atoms with Crippen molar-refractivity contribution in [3.05, 3.63) is 69.6 Å². The molecule has 2 aromatic carbocycles. The fraction of sp³-hybridized carbons (Fsp3) is 0. The van der Waals surface area contributed by atoms with Crippen molar-refractivity contribution in [1.82, 2.24) is 9.97 Å². The summed E-state index contributed by atoms with van der Waals surface area (Å²) in [5.74, 6) is 0. The van der Waals surface area contributed by atoms with Crippen molar-refractivity contribution in [3.63, 3.8) is 0 Å². The highest BCUT2D eigenvalue weighted by atomic mass is 79.9.